The normalized spacial score (nSPS) is 21.6. The average molecular weight is 254 g/mol. The Morgan fingerprint density at radius 3 is 2.94 bits per heavy atom. The van der Waals surface area contributed by atoms with Crippen LogP contribution in [0.1, 0.15) is 17.3 Å². The Bertz CT molecular complexity index is 424. The Hall–Kier alpha value is -1.13. The molecule has 17 heavy (non-hydrogen) atoms. The highest BCUT2D eigenvalue weighted by molar-refractivity contribution is 6.33. The summed E-state index contributed by atoms with van der Waals surface area (Å²) in [4.78, 5) is 20.3. The van der Waals surface area contributed by atoms with Gasteiger partial charge in [0.05, 0.1) is 10.6 Å². The molecule has 0 radical (unpaired) electrons. The monoisotopic (exact) mass is 253 g/mol. The van der Waals surface area contributed by atoms with Crippen LogP contribution in [0, 0.1) is 0 Å². The molecule has 1 saturated heterocycles. The van der Waals surface area contributed by atoms with E-state index in [-0.39, 0.29) is 5.91 Å². The van der Waals surface area contributed by atoms with Gasteiger partial charge in [0, 0.05) is 38.1 Å². The van der Waals surface area contributed by atoms with Gasteiger partial charge in [-0.05, 0) is 20.0 Å². The molecule has 92 valence electrons. The van der Waals surface area contributed by atoms with E-state index in [1.54, 1.807) is 12.3 Å². The van der Waals surface area contributed by atoms with Gasteiger partial charge in [-0.25, -0.2) is 0 Å². The molecular weight excluding hydrogens is 238 g/mol. The van der Waals surface area contributed by atoms with E-state index in [9.17, 15) is 4.79 Å². The quantitative estimate of drug-likeness (QED) is 0.761. The highest BCUT2D eigenvalue weighted by Gasteiger charge is 2.25. The van der Waals surface area contributed by atoms with E-state index in [0.29, 0.717) is 16.6 Å². The summed E-state index contributed by atoms with van der Waals surface area (Å²) in [6.07, 6.45) is 3.10. The van der Waals surface area contributed by atoms with Crippen LogP contribution in [-0.4, -0.2) is 53.4 Å². The number of pyridine rings is 1. The molecule has 0 aromatic carbocycles. The lowest BCUT2D eigenvalue weighted by molar-refractivity contribution is 0.0572. The van der Waals surface area contributed by atoms with Gasteiger partial charge in [-0.15, -0.1) is 0 Å². The van der Waals surface area contributed by atoms with E-state index in [1.807, 2.05) is 4.90 Å². The van der Waals surface area contributed by atoms with Crippen molar-refractivity contribution in [2.24, 2.45) is 0 Å². The number of likely N-dealkylation sites (N-methyl/N-ethyl adjacent to an activating group) is 1. The maximum absolute atomic E-state index is 12.3. The minimum atomic E-state index is -0.00245. The number of halogens is 1. The van der Waals surface area contributed by atoms with Crippen molar-refractivity contribution >= 4 is 17.5 Å². The van der Waals surface area contributed by atoms with E-state index in [0.717, 1.165) is 19.6 Å². The average Bonchev–Trinajstić information content (AvgIpc) is 2.32. The first-order valence-electron chi connectivity index (χ1n) is 5.68. The second-order valence-corrected chi connectivity index (χ2v) is 4.84. The van der Waals surface area contributed by atoms with Crippen LogP contribution in [-0.2, 0) is 0 Å². The highest BCUT2D eigenvalue weighted by Crippen LogP contribution is 2.17. The summed E-state index contributed by atoms with van der Waals surface area (Å²) in [5.41, 5.74) is 0.540. The van der Waals surface area contributed by atoms with Gasteiger partial charge in [-0.2, -0.15) is 0 Å². The molecule has 1 aliphatic heterocycles. The maximum Gasteiger partial charge on any atom is 0.255 e. The van der Waals surface area contributed by atoms with Crippen molar-refractivity contribution in [2.45, 2.75) is 13.0 Å². The molecule has 0 bridgehead atoms. The first-order chi connectivity index (χ1) is 8.09. The maximum atomic E-state index is 12.3. The smallest absolute Gasteiger partial charge is 0.255 e. The Kier molecular flexibility index (Phi) is 3.64. The molecule has 1 aliphatic rings. The zero-order valence-electron chi connectivity index (χ0n) is 10.1. The summed E-state index contributed by atoms with van der Waals surface area (Å²) in [5.74, 6) is -0.00245. The fourth-order valence-electron chi connectivity index (χ4n) is 1.95. The number of hydrogen-bond donors (Lipinski definition) is 0. The van der Waals surface area contributed by atoms with Gasteiger partial charge in [0.15, 0.2) is 0 Å². The topological polar surface area (TPSA) is 36.4 Å². The number of hydrogen-bond acceptors (Lipinski definition) is 3. The minimum Gasteiger partial charge on any atom is -0.336 e. The van der Waals surface area contributed by atoms with Crippen molar-refractivity contribution in [1.29, 1.82) is 0 Å². The molecule has 0 aliphatic carbocycles. The van der Waals surface area contributed by atoms with Gasteiger partial charge >= 0.3 is 0 Å². The van der Waals surface area contributed by atoms with Crippen molar-refractivity contribution in [3.63, 3.8) is 0 Å². The van der Waals surface area contributed by atoms with E-state index in [2.05, 4.69) is 23.9 Å². The van der Waals surface area contributed by atoms with E-state index in [4.69, 9.17) is 11.6 Å². The molecule has 2 rings (SSSR count). The van der Waals surface area contributed by atoms with E-state index in [1.165, 1.54) is 6.20 Å². The third-order valence-electron chi connectivity index (χ3n) is 3.25. The lowest BCUT2D eigenvalue weighted by Crippen LogP contribution is -2.52. The summed E-state index contributed by atoms with van der Waals surface area (Å²) >= 11 is 5.98. The van der Waals surface area contributed by atoms with Crippen LogP contribution in [0.2, 0.25) is 5.02 Å². The highest BCUT2D eigenvalue weighted by atomic mass is 35.5. The summed E-state index contributed by atoms with van der Waals surface area (Å²) in [7, 11) is 2.08. The fourth-order valence-corrected chi connectivity index (χ4v) is 2.15. The Balaban J connectivity index is 2.14. The number of aromatic nitrogens is 1. The molecule has 2 heterocycles. The van der Waals surface area contributed by atoms with Crippen molar-refractivity contribution in [2.75, 3.05) is 26.7 Å². The molecule has 1 aromatic rings. The van der Waals surface area contributed by atoms with Crippen LogP contribution >= 0.6 is 11.6 Å². The molecule has 0 N–H and O–H groups in total. The van der Waals surface area contributed by atoms with Crippen molar-refractivity contribution in [3.8, 4) is 0 Å². The number of amides is 1. The second kappa shape index (κ2) is 5.02. The van der Waals surface area contributed by atoms with Crippen molar-refractivity contribution in [3.05, 3.63) is 29.0 Å². The number of rotatable bonds is 1. The van der Waals surface area contributed by atoms with Crippen molar-refractivity contribution in [1.82, 2.24) is 14.8 Å². The molecule has 4 nitrogen and oxygen atoms in total. The molecule has 0 spiro atoms. The zero-order valence-corrected chi connectivity index (χ0v) is 10.8. The van der Waals surface area contributed by atoms with Crippen LogP contribution in [0.5, 0.6) is 0 Å². The van der Waals surface area contributed by atoms with Gasteiger partial charge in [0.2, 0.25) is 0 Å². The van der Waals surface area contributed by atoms with Crippen LogP contribution in [0.25, 0.3) is 0 Å². The number of nitrogens with zero attached hydrogens (tertiary/aromatic N) is 3. The summed E-state index contributed by atoms with van der Waals surface area (Å²) in [6, 6.07) is 2.06. The van der Waals surface area contributed by atoms with E-state index < -0.39 is 0 Å². The SMILES string of the molecule is CC1CN(C(=O)c2ccncc2Cl)CCN1C. The van der Waals surface area contributed by atoms with Crippen LogP contribution in [0.4, 0.5) is 0 Å². The van der Waals surface area contributed by atoms with Gasteiger partial charge in [-0.1, -0.05) is 11.6 Å². The van der Waals surface area contributed by atoms with Gasteiger partial charge < -0.3 is 9.80 Å². The van der Waals surface area contributed by atoms with Crippen LogP contribution in [0.3, 0.4) is 0 Å². The molecule has 1 amide bonds. The van der Waals surface area contributed by atoms with Crippen LogP contribution in [0.15, 0.2) is 18.5 Å². The number of carbonyl (C=O) groups is 1. The standard InChI is InChI=1S/C12H16ClN3O/c1-9-8-16(6-5-15(9)2)12(17)10-3-4-14-7-11(10)13/h3-4,7,9H,5-6,8H2,1-2H3. The predicted octanol–water partition coefficient (Wildman–Crippen LogP) is 1.51. The van der Waals surface area contributed by atoms with Crippen molar-refractivity contribution < 1.29 is 4.79 Å². The molecule has 1 atom stereocenters. The minimum absolute atomic E-state index is 0.00245. The third kappa shape index (κ3) is 2.58. The first-order valence-corrected chi connectivity index (χ1v) is 6.06. The predicted molar refractivity (Wildman–Crippen MR) is 67.2 cm³/mol. The molecule has 1 aromatic heterocycles. The van der Waals surface area contributed by atoms with Gasteiger partial charge in [-0.3, -0.25) is 9.78 Å². The molecule has 5 heteroatoms. The molecule has 1 unspecified atom stereocenters. The molecular formula is C12H16ClN3O. The van der Waals surface area contributed by atoms with Gasteiger partial charge in [0.25, 0.3) is 5.91 Å². The summed E-state index contributed by atoms with van der Waals surface area (Å²) < 4.78 is 0. The Labute approximate surface area is 106 Å². The molecule has 1 fully saturated rings. The van der Waals surface area contributed by atoms with Gasteiger partial charge in [0.1, 0.15) is 0 Å². The Morgan fingerprint density at radius 2 is 2.29 bits per heavy atom. The summed E-state index contributed by atoms with van der Waals surface area (Å²) in [6.45, 7) is 4.51. The molecule has 0 saturated carbocycles. The largest absolute Gasteiger partial charge is 0.336 e. The van der Waals surface area contributed by atoms with Crippen LogP contribution < -0.4 is 0 Å². The summed E-state index contributed by atoms with van der Waals surface area (Å²) in [5, 5.41) is 0.420. The van der Waals surface area contributed by atoms with E-state index >= 15 is 0 Å². The number of carbonyl (C=O) groups excluding carboxylic acids is 1. The Morgan fingerprint density at radius 1 is 1.53 bits per heavy atom. The second-order valence-electron chi connectivity index (χ2n) is 4.44. The fraction of sp³-hybridized carbons (Fsp3) is 0.500. The number of piperazine rings is 1. The third-order valence-corrected chi connectivity index (χ3v) is 3.55. The zero-order chi connectivity index (χ0) is 12.4. The first kappa shape index (κ1) is 12.3. The lowest BCUT2D eigenvalue weighted by Gasteiger charge is -2.37. The lowest BCUT2D eigenvalue weighted by atomic mass is 10.1.